The molecule has 0 radical (unpaired) electrons. The summed E-state index contributed by atoms with van der Waals surface area (Å²) < 4.78 is 11.5. The highest BCUT2D eigenvalue weighted by Crippen LogP contribution is 2.34. The monoisotopic (exact) mass is 467 g/mol. The first-order chi connectivity index (χ1) is 16.1. The molecule has 1 aromatic heterocycles. The summed E-state index contributed by atoms with van der Waals surface area (Å²) in [6.45, 7) is 3.90. The maximum absolute atomic E-state index is 11.7. The largest absolute Gasteiger partial charge is 0.494 e. The summed E-state index contributed by atoms with van der Waals surface area (Å²) in [5, 5.41) is 6.24. The number of benzene rings is 2. The van der Waals surface area contributed by atoms with Gasteiger partial charge in [-0.25, -0.2) is 4.98 Å². The van der Waals surface area contributed by atoms with Crippen LogP contribution in [-0.4, -0.2) is 36.1 Å². The van der Waals surface area contributed by atoms with Crippen molar-refractivity contribution in [3.05, 3.63) is 53.7 Å². The highest BCUT2D eigenvalue weighted by Gasteiger charge is 2.16. The topological polar surface area (TPSA) is 88.6 Å². The summed E-state index contributed by atoms with van der Waals surface area (Å²) in [4.78, 5) is 22.7. The first-order valence-corrected chi connectivity index (χ1v) is 11.2. The quantitative estimate of drug-likeness (QED) is 0.444. The summed E-state index contributed by atoms with van der Waals surface area (Å²) in [5.41, 5.74) is 2.50. The molecule has 1 fully saturated rings. The maximum atomic E-state index is 11.7. The van der Waals surface area contributed by atoms with Crippen LogP contribution in [0.4, 0.5) is 23.0 Å². The van der Waals surface area contributed by atoms with Gasteiger partial charge in [0.15, 0.2) is 0 Å². The van der Waals surface area contributed by atoms with Gasteiger partial charge >= 0.3 is 0 Å². The van der Waals surface area contributed by atoms with E-state index in [-0.39, 0.29) is 16.8 Å². The van der Waals surface area contributed by atoms with Crippen LogP contribution in [0.25, 0.3) is 0 Å². The molecule has 2 heterocycles. The molecule has 3 aromatic rings. The van der Waals surface area contributed by atoms with Gasteiger partial charge in [0.05, 0.1) is 19.0 Å². The van der Waals surface area contributed by atoms with Gasteiger partial charge in [-0.15, -0.1) is 0 Å². The lowest BCUT2D eigenvalue weighted by Gasteiger charge is -2.20. The van der Waals surface area contributed by atoms with Crippen molar-refractivity contribution in [1.29, 1.82) is 0 Å². The van der Waals surface area contributed by atoms with E-state index in [1.54, 1.807) is 38.3 Å². The Morgan fingerprint density at radius 3 is 2.76 bits per heavy atom. The smallest absolute Gasteiger partial charge is 0.243 e. The molecule has 1 aliphatic heterocycles. The maximum Gasteiger partial charge on any atom is 0.243 e. The van der Waals surface area contributed by atoms with Gasteiger partial charge in [-0.1, -0.05) is 24.6 Å². The van der Waals surface area contributed by atoms with Crippen molar-refractivity contribution in [2.24, 2.45) is 0 Å². The minimum absolute atomic E-state index is 0.0802. The number of hydrogen-bond acceptors (Lipinski definition) is 7. The molecule has 0 atom stereocenters. The molecule has 172 valence electrons. The highest BCUT2D eigenvalue weighted by molar-refractivity contribution is 6.31. The number of halogens is 1. The molecule has 2 aromatic carbocycles. The fraction of sp³-hybridized carbons (Fsp3) is 0.292. The van der Waals surface area contributed by atoms with E-state index in [9.17, 15) is 4.79 Å². The van der Waals surface area contributed by atoms with Crippen molar-refractivity contribution in [2.45, 2.75) is 26.2 Å². The van der Waals surface area contributed by atoms with Gasteiger partial charge in [0.25, 0.3) is 0 Å². The summed E-state index contributed by atoms with van der Waals surface area (Å²) in [7, 11) is 1.63. The number of anilines is 4. The third-order valence-corrected chi connectivity index (χ3v) is 5.53. The van der Waals surface area contributed by atoms with Crippen molar-refractivity contribution in [3.63, 3.8) is 0 Å². The number of amides is 1. The second-order valence-corrected chi connectivity index (χ2v) is 7.99. The fourth-order valence-corrected chi connectivity index (χ4v) is 3.69. The molecule has 1 saturated heterocycles. The van der Waals surface area contributed by atoms with Crippen LogP contribution in [0.15, 0.2) is 48.7 Å². The lowest BCUT2D eigenvalue weighted by atomic mass is 10.2. The van der Waals surface area contributed by atoms with Crippen LogP contribution in [0.3, 0.4) is 0 Å². The van der Waals surface area contributed by atoms with E-state index >= 15 is 0 Å². The third kappa shape index (κ3) is 5.64. The molecule has 1 amide bonds. The lowest BCUT2D eigenvalue weighted by molar-refractivity contribution is -0.115. The molecule has 1 aliphatic rings. The molecular weight excluding hydrogens is 442 g/mol. The Bertz CT molecular complexity index is 1130. The zero-order valence-electron chi connectivity index (χ0n) is 18.6. The van der Waals surface area contributed by atoms with Crippen LogP contribution >= 0.6 is 11.6 Å². The second kappa shape index (κ2) is 10.4. The molecule has 0 aliphatic carbocycles. The van der Waals surface area contributed by atoms with E-state index in [2.05, 4.69) is 31.6 Å². The van der Waals surface area contributed by atoms with Crippen molar-refractivity contribution >= 4 is 40.5 Å². The van der Waals surface area contributed by atoms with E-state index in [0.29, 0.717) is 29.6 Å². The Balaban J connectivity index is 1.52. The predicted molar refractivity (Wildman–Crippen MR) is 130 cm³/mol. The standard InChI is InChI=1S/C24H26ClN5O3/c1-3-22(31)27-16-7-6-8-18(13-16)33-23-19(25)15-26-24(29-23)28-20-10-9-17(14-21(20)32-2)30-11-4-5-12-30/h6-10,13-15H,3-5,11-12H2,1-2H3,(H,27,31)(H,26,28,29). The molecule has 0 unspecified atom stereocenters. The lowest BCUT2D eigenvalue weighted by Crippen LogP contribution is -2.17. The van der Waals surface area contributed by atoms with Crippen LogP contribution in [0, 0.1) is 0 Å². The van der Waals surface area contributed by atoms with Crippen molar-refractivity contribution in [3.8, 4) is 17.4 Å². The van der Waals surface area contributed by atoms with Gasteiger partial charge in [0, 0.05) is 43.0 Å². The van der Waals surface area contributed by atoms with Crippen LogP contribution in [0.5, 0.6) is 17.4 Å². The average molecular weight is 468 g/mol. The number of carbonyl (C=O) groups excluding carboxylic acids is 1. The molecule has 33 heavy (non-hydrogen) atoms. The molecule has 0 saturated carbocycles. The van der Waals surface area contributed by atoms with Gasteiger partial charge in [-0.05, 0) is 37.1 Å². The molecule has 8 nitrogen and oxygen atoms in total. The second-order valence-electron chi connectivity index (χ2n) is 7.58. The third-order valence-electron chi connectivity index (χ3n) is 5.27. The molecule has 2 N–H and O–H groups in total. The summed E-state index contributed by atoms with van der Waals surface area (Å²) in [6.07, 6.45) is 4.27. The van der Waals surface area contributed by atoms with E-state index in [0.717, 1.165) is 24.5 Å². The molecule has 4 rings (SSSR count). The van der Waals surface area contributed by atoms with Crippen molar-refractivity contribution in [1.82, 2.24) is 9.97 Å². The molecule has 0 spiro atoms. The minimum Gasteiger partial charge on any atom is -0.494 e. The van der Waals surface area contributed by atoms with Crippen LogP contribution in [0.1, 0.15) is 26.2 Å². The summed E-state index contributed by atoms with van der Waals surface area (Å²) in [5.74, 6) is 1.61. The van der Waals surface area contributed by atoms with Gasteiger partial charge in [-0.3, -0.25) is 4.79 Å². The number of methoxy groups -OCH3 is 1. The summed E-state index contributed by atoms with van der Waals surface area (Å²) >= 11 is 6.27. The van der Waals surface area contributed by atoms with Gasteiger partial charge in [-0.2, -0.15) is 4.98 Å². The van der Waals surface area contributed by atoms with Gasteiger partial charge in [0.1, 0.15) is 16.5 Å². The SMILES string of the molecule is CCC(=O)Nc1cccc(Oc2nc(Nc3ccc(N4CCCC4)cc3OC)ncc2Cl)c1. The van der Waals surface area contributed by atoms with E-state index < -0.39 is 0 Å². The van der Waals surface area contributed by atoms with Crippen LogP contribution in [0.2, 0.25) is 5.02 Å². The number of aromatic nitrogens is 2. The Hall–Kier alpha value is -3.52. The number of rotatable bonds is 8. The Labute approximate surface area is 197 Å². The van der Waals surface area contributed by atoms with Crippen LogP contribution in [-0.2, 0) is 4.79 Å². The fourth-order valence-electron chi connectivity index (χ4n) is 3.56. The Morgan fingerprint density at radius 1 is 1.18 bits per heavy atom. The first kappa shape index (κ1) is 22.7. The number of carbonyl (C=O) groups is 1. The molecular formula is C24H26ClN5O3. The highest BCUT2D eigenvalue weighted by atomic mass is 35.5. The average Bonchev–Trinajstić information content (AvgIpc) is 3.37. The minimum atomic E-state index is -0.0802. The van der Waals surface area contributed by atoms with Gasteiger partial charge in [0.2, 0.25) is 17.7 Å². The number of hydrogen-bond donors (Lipinski definition) is 2. The molecule has 0 bridgehead atoms. The van der Waals surface area contributed by atoms with Crippen LogP contribution < -0.4 is 25.0 Å². The summed E-state index contributed by atoms with van der Waals surface area (Å²) in [6, 6.07) is 13.0. The number of ether oxygens (including phenoxy) is 2. The zero-order valence-corrected chi connectivity index (χ0v) is 19.4. The number of nitrogens with zero attached hydrogens (tertiary/aromatic N) is 3. The Morgan fingerprint density at radius 2 is 2.00 bits per heavy atom. The van der Waals surface area contributed by atoms with E-state index in [1.165, 1.54) is 19.0 Å². The predicted octanol–water partition coefficient (Wildman–Crippen LogP) is 5.62. The zero-order chi connectivity index (χ0) is 23.2. The van der Waals surface area contributed by atoms with Crippen molar-refractivity contribution in [2.75, 3.05) is 35.7 Å². The normalized spacial score (nSPS) is 13.0. The van der Waals surface area contributed by atoms with Gasteiger partial charge < -0.3 is 25.0 Å². The van der Waals surface area contributed by atoms with Crippen molar-refractivity contribution < 1.29 is 14.3 Å². The van der Waals surface area contributed by atoms with E-state index in [1.807, 2.05) is 12.1 Å². The molecule has 9 heteroatoms. The van der Waals surface area contributed by atoms with E-state index in [4.69, 9.17) is 21.1 Å². The Kier molecular flexibility index (Phi) is 7.14. The number of nitrogens with one attached hydrogen (secondary N) is 2. The first-order valence-electron chi connectivity index (χ1n) is 10.9.